The predicted octanol–water partition coefficient (Wildman–Crippen LogP) is 4.38. The standard InChI is InChI=1S/C21H23FN4O/c1-3-6-17(13-9-11-14(22)12-10-13)24-21-16-8-5-7-15(20(23)27)19(16)25-18(4-2)26-21/h5,7-12,17H,3-4,6H2,1-2H3,(H2,23,27)(H,24,25,26)/t17-/m1/s1. The Labute approximate surface area is 157 Å². The summed E-state index contributed by atoms with van der Waals surface area (Å²) >= 11 is 0. The van der Waals surface area contributed by atoms with Crippen molar-refractivity contribution in [3.8, 4) is 0 Å². The average Bonchev–Trinajstić information content (AvgIpc) is 2.67. The molecular formula is C21H23FN4O. The highest BCUT2D eigenvalue weighted by molar-refractivity contribution is 6.07. The van der Waals surface area contributed by atoms with E-state index in [1.54, 1.807) is 24.3 Å². The predicted molar refractivity (Wildman–Crippen MR) is 105 cm³/mol. The number of anilines is 1. The van der Waals surface area contributed by atoms with Crippen molar-refractivity contribution < 1.29 is 9.18 Å². The van der Waals surface area contributed by atoms with E-state index in [0.717, 1.165) is 23.8 Å². The molecule has 1 aromatic heterocycles. The maximum atomic E-state index is 13.3. The van der Waals surface area contributed by atoms with Crippen LogP contribution in [0.1, 0.15) is 54.5 Å². The van der Waals surface area contributed by atoms with Crippen LogP contribution in [-0.2, 0) is 6.42 Å². The zero-order valence-corrected chi connectivity index (χ0v) is 15.5. The molecule has 3 rings (SSSR count). The van der Waals surface area contributed by atoms with Crippen LogP contribution < -0.4 is 11.1 Å². The van der Waals surface area contributed by atoms with Gasteiger partial charge in [-0.3, -0.25) is 4.79 Å². The maximum Gasteiger partial charge on any atom is 0.250 e. The van der Waals surface area contributed by atoms with Crippen molar-refractivity contribution >= 4 is 22.6 Å². The van der Waals surface area contributed by atoms with E-state index >= 15 is 0 Å². The monoisotopic (exact) mass is 366 g/mol. The van der Waals surface area contributed by atoms with E-state index in [1.807, 2.05) is 13.0 Å². The van der Waals surface area contributed by atoms with Crippen molar-refractivity contribution in [2.24, 2.45) is 5.73 Å². The molecule has 2 aromatic carbocycles. The molecule has 3 N–H and O–H groups in total. The van der Waals surface area contributed by atoms with Crippen LogP contribution in [-0.4, -0.2) is 15.9 Å². The van der Waals surface area contributed by atoms with Crippen molar-refractivity contribution in [1.29, 1.82) is 0 Å². The quantitative estimate of drug-likeness (QED) is 0.650. The number of amides is 1. The lowest BCUT2D eigenvalue weighted by atomic mass is 10.0. The van der Waals surface area contributed by atoms with Crippen LogP contribution in [0.2, 0.25) is 0 Å². The number of hydrogen-bond donors (Lipinski definition) is 2. The smallest absolute Gasteiger partial charge is 0.250 e. The van der Waals surface area contributed by atoms with Gasteiger partial charge in [0.1, 0.15) is 17.5 Å². The number of aryl methyl sites for hydroxylation is 1. The molecule has 0 aliphatic carbocycles. The van der Waals surface area contributed by atoms with Gasteiger partial charge in [-0.15, -0.1) is 0 Å². The number of aromatic nitrogens is 2. The van der Waals surface area contributed by atoms with E-state index in [4.69, 9.17) is 5.73 Å². The SMILES string of the molecule is CCC[C@@H](Nc1nc(CC)nc2c(C(N)=O)cccc12)c1ccc(F)cc1. The molecule has 140 valence electrons. The Morgan fingerprint density at radius 1 is 1.15 bits per heavy atom. The van der Waals surface area contributed by atoms with E-state index in [1.165, 1.54) is 12.1 Å². The van der Waals surface area contributed by atoms with Crippen molar-refractivity contribution in [2.45, 2.75) is 39.2 Å². The minimum atomic E-state index is -0.518. The van der Waals surface area contributed by atoms with E-state index in [9.17, 15) is 9.18 Å². The Bertz CT molecular complexity index is 956. The number of para-hydroxylation sites is 1. The number of nitrogens with two attached hydrogens (primary N) is 1. The van der Waals surface area contributed by atoms with Crippen LogP contribution >= 0.6 is 0 Å². The van der Waals surface area contributed by atoms with Crippen LogP contribution in [0.25, 0.3) is 10.9 Å². The second-order valence-corrected chi connectivity index (χ2v) is 6.45. The largest absolute Gasteiger partial charge is 0.366 e. The van der Waals surface area contributed by atoms with Crippen molar-refractivity contribution in [3.63, 3.8) is 0 Å². The highest BCUT2D eigenvalue weighted by atomic mass is 19.1. The van der Waals surface area contributed by atoms with Gasteiger partial charge < -0.3 is 11.1 Å². The fraction of sp³-hybridized carbons (Fsp3) is 0.286. The first-order valence-corrected chi connectivity index (χ1v) is 9.14. The van der Waals surface area contributed by atoms with Crippen molar-refractivity contribution in [3.05, 3.63) is 65.2 Å². The molecule has 0 unspecified atom stereocenters. The van der Waals surface area contributed by atoms with Crippen LogP contribution in [0.4, 0.5) is 10.2 Å². The molecule has 3 aromatic rings. The summed E-state index contributed by atoms with van der Waals surface area (Å²) in [4.78, 5) is 21.0. The van der Waals surface area contributed by atoms with E-state index in [-0.39, 0.29) is 11.9 Å². The summed E-state index contributed by atoms with van der Waals surface area (Å²) in [5, 5.41) is 4.22. The van der Waals surface area contributed by atoms with E-state index in [0.29, 0.717) is 29.1 Å². The van der Waals surface area contributed by atoms with Gasteiger partial charge in [0.05, 0.1) is 17.1 Å². The number of primary amides is 1. The molecule has 0 radical (unpaired) electrons. The van der Waals surface area contributed by atoms with E-state index < -0.39 is 5.91 Å². The van der Waals surface area contributed by atoms with Gasteiger partial charge in [0.15, 0.2) is 0 Å². The molecule has 0 spiro atoms. The molecular weight excluding hydrogens is 343 g/mol. The topological polar surface area (TPSA) is 80.9 Å². The molecule has 1 atom stereocenters. The molecule has 0 saturated heterocycles. The zero-order valence-electron chi connectivity index (χ0n) is 15.5. The molecule has 0 saturated carbocycles. The Kier molecular flexibility index (Phi) is 5.64. The van der Waals surface area contributed by atoms with Gasteiger partial charge in [-0.1, -0.05) is 38.5 Å². The first kappa shape index (κ1) is 18.8. The summed E-state index contributed by atoms with van der Waals surface area (Å²) in [6, 6.07) is 11.8. The van der Waals surface area contributed by atoms with Gasteiger partial charge >= 0.3 is 0 Å². The number of benzene rings is 2. The number of fused-ring (bicyclic) bond motifs is 1. The van der Waals surface area contributed by atoms with Crippen LogP contribution in [0, 0.1) is 5.82 Å². The molecule has 6 heteroatoms. The Hall–Kier alpha value is -3.02. The molecule has 0 bridgehead atoms. The molecule has 0 aliphatic rings. The van der Waals surface area contributed by atoms with Gasteiger partial charge in [-0.05, 0) is 36.2 Å². The van der Waals surface area contributed by atoms with Gasteiger partial charge in [0.25, 0.3) is 5.91 Å². The molecule has 1 amide bonds. The summed E-state index contributed by atoms with van der Waals surface area (Å²) < 4.78 is 13.3. The number of carbonyl (C=O) groups excluding carboxylic acids is 1. The summed E-state index contributed by atoms with van der Waals surface area (Å²) in [5.74, 6) is 0.507. The Morgan fingerprint density at radius 3 is 2.52 bits per heavy atom. The normalized spacial score (nSPS) is 12.1. The van der Waals surface area contributed by atoms with Crippen molar-refractivity contribution in [1.82, 2.24) is 9.97 Å². The summed E-state index contributed by atoms with van der Waals surface area (Å²) in [6.07, 6.45) is 2.44. The van der Waals surface area contributed by atoms with Gasteiger partial charge in [0, 0.05) is 11.8 Å². The third kappa shape index (κ3) is 4.05. The van der Waals surface area contributed by atoms with Crippen molar-refractivity contribution in [2.75, 3.05) is 5.32 Å². The van der Waals surface area contributed by atoms with Gasteiger partial charge in [0.2, 0.25) is 0 Å². The molecule has 5 nitrogen and oxygen atoms in total. The highest BCUT2D eigenvalue weighted by Gasteiger charge is 2.17. The molecule has 0 aliphatic heterocycles. The third-order valence-electron chi connectivity index (χ3n) is 4.52. The number of nitrogens with zero attached hydrogens (tertiary/aromatic N) is 2. The first-order valence-electron chi connectivity index (χ1n) is 9.14. The molecule has 1 heterocycles. The van der Waals surface area contributed by atoms with Crippen LogP contribution in [0.3, 0.4) is 0 Å². The van der Waals surface area contributed by atoms with Crippen LogP contribution in [0.15, 0.2) is 42.5 Å². The first-order chi connectivity index (χ1) is 13.0. The van der Waals surface area contributed by atoms with Gasteiger partial charge in [-0.25, -0.2) is 14.4 Å². The summed E-state index contributed by atoms with van der Waals surface area (Å²) in [7, 11) is 0. The minimum absolute atomic E-state index is 0.0318. The lowest BCUT2D eigenvalue weighted by Gasteiger charge is -2.21. The Balaban J connectivity index is 2.09. The number of carbonyl (C=O) groups is 1. The lowest BCUT2D eigenvalue weighted by molar-refractivity contribution is 0.100. The number of halogens is 1. The van der Waals surface area contributed by atoms with Gasteiger partial charge in [-0.2, -0.15) is 0 Å². The minimum Gasteiger partial charge on any atom is -0.366 e. The number of nitrogens with one attached hydrogen (secondary N) is 1. The fourth-order valence-electron chi connectivity index (χ4n) is 3.14. The van der Waals surface area contributed by atoms with E-state index in [2.05, 4.69) is 22.2 Å². The zero-order chi connectivity index (χ0) is 19.4. The second kappa shape index (κ2) is 8.12. The second-order valence-electron chi connectivity index (χ2n) is 6.45. The Morgan fingerprint density at radius 2 is 1.89 bits per heavy atom. The highest BCUT2D eigenvalue weighted by Crippen LogP contribution is 2.29. The summed E-state index contributed by atoms with van der Waals surface area (Å²) in [6.45, 7) is 4.06. The lowest BCUT2D eigenvalue weighted by Crippen LogP contribution is -2.15. The molecule has 27 heavy (non-hydrogen) atoms. The average molecular weight is 366 g/mol. The molecule has 0 fully saturated rings. The number of rotatable bonds is 7. The number of hydrogen-bond acceptors (Lipinski definition) is 4. The fourth-order valence-corrected chi connectivity index (χ4v) is 3.14. The van der Waals surface area contributed by atoms with Crippen LogP contribution in [0.5, 0.6) is 0 Å². The third-order valence-corrected chi connectivity index (χ3v) is 4.52. The summed E-state index contributed by atoms with van der Waals surface area (Å²) in [5.41, 5.74) is 7.43. The maximum absolute atomic E-state index is 13.3.